The second kappa shape index (κ2) is 12.9. The first-order valence-corrected chi connectivity index (χ1v) is 14.7. The molecule has 0 spiro atoms. The Bertz CT molecular complexity index is 841. The molecule has 7 atom stereocenters. The number of rotatable bonds is 10. The highest BCUT2D eigenvalue weighted by molar-refractivity contribution is 5.42. The molecule has 1 N–H and O–H groups in total. The van der Waals surface area contributed by atoms with Crippen LogP contribution in [0.1, 0.15) is 88.7 Å². The van der Waals surface area contributed by atoms with Gasteiger partial charge in [-0.1, -0.05) is 50.5 Å². The Morgan fingerprint density at radius 3 is 2.58 bits per heavy atom. The normalized spacial score (nSPS) is 33.4. The number of unbranched alkanes of at least 4 members (excludes halogenated alkanes) is 2. The van der Waals surface area contributed by atoms with E-state index in [4.69, 9.17) is 18.9 Å². The largest absolute Gasteiger partial charge is 0.508 e. The van der Waals surface area contributed by atoms with Gasteiger partial charge in [-0.3, -0.25) is 0 Å². The zero-order chi connectivity index (χ0) is 24.7. The Morgan fingerprint density at radius 2 is 1.83 bits per heavy atom. The summed E-state index contributed by atoms with van der Waals surface area (Å²) in [5.41, 5.74) is 2.45. The van der Waals surface area contributed by atoms with Gasteiger partial charge in [0.2, 0.25) is 0 Å². The van der Waals surface area contributed by atoms with Gasteiger partial charge in [-0.15, -0.1) is 0 Å². The molecule has 2 aliphatic heterocycles. The monoisotopic (exact) mass is 498 g/mol. The lowest BCUT2D eigenvalue weighted by Crippen LogP contribution is -2.32. The molecule has 1 aromatic carbocycles. The molecule has 3 fully saturated rings. The number of phenolic OH excluding ortho intramolecular Hbond substituents is 1. The summed E-state index contributed by atoms with van der Waals surface area (Å²) in [4.78, 5) is 0. The highest BCUT2D eigenvalue weighted by Gasteiger charge is 2.46. The van der Waals surface area contributed by atoms with Gasteiger partial charge in [-0.2, -0.15) is 0 Å². The van der Waals surface area contributed by atoms with Gasteiger partial charge in [0, 0.05) is 19.1 Å². The Morgan fingerprint density at radius 1 is 1.03 bits per heavy atom. The van der Waals surface area contributed by atoms with Crippen LogP contribution in [-0.4, -0.2) is 43.1 Å². The van der Waals surface area contributed by atoms with E-state index in [0.29, 0.717) is 23.5 Å². The van der Waals surface area contributed by atoms with Gasteiger partial charge in [-0.25, -0.2) is 0 Å². The van der Waals surface area contributed by atoms with Crippen molar-refractivity contribution in [1.82, 2.24) is 0 Å². The zero-order valence-corrected chi connectivity index (χ0v) is 22.1. The van der Waals surface area contributed by atoms with Gasteiger partial charge in [0.15, 0.2) is 12.6 Å². The van der Waals surface area contributed by atoms with E-state index < -0.39 is 0 Å². The summed E-state index contributed by atoms with van der Waals surface area (Å²) in [7, 11) is 0. The van der Waals surface area contributed by atoms with E-state index >= 15 is 0 Å². The fourth-order valence-corrected chi connectivity index (χ4v) is 6.82. The number of phenols is 1. The molecule has 7 unspecified atom stereocenters. The quantitative estimate of drug-likeness (QED) is 0.287. The van der Waals surface area contributed by atoms with Crippen LogP contribution in [0.2, 0.25) is 0 Å². The number of hydrogen-bond donors (Lipinski definition) is 1. The van der Waals surface area contributed by atoms with Gasteiger partial charge in [-0.05, 0) is 93.2 Å². The Labute approximate surface area is 217 Å². The Balaban J connectivity index is 1.33. The van der Waals surface area contributed by atoms with E-state index in [1.807, 2.05) is 12.1 Å². The highest BCUT2D eigenvalue weighted by atomic mass is 16.7. The standard InChI is InChI=1S/C31H46O5/c1-2-3-4-11-24(35-30-13-5-7-17-33-30)15-16-25-26-19-22-10-9-12-28(32)27(22)20-23(26)21-29(25)36-31-14-6-8-18-34-31/h9-10,12,15-16,23-26,29-32H,2-8,11,13-14,17-21H2,1H3. The molecule has 2 heterocycles. The molecule has 0 bridgehead atoms. The van der Waals surface area contributed by atoms with E-state index in [1.54, 1.807) is 0 Å². The van der Waals surface area contributed by atoms with Crippen LogP contribution in [-0.2, 0) is 31.8 Å². The van der Waals surface area contributed by atoms with Crippen molar-refractivity contribution in [3.8, 4) is 5.75 Å². The van der Waals surface area contributed by atoms with Crippen molar-refractivity contribution in [2.45, 2.75) is 115 Å². The van der Waals surface area contributed by atoms with Crippen LogP contribution in [0.15, 0.2) is 30.4 Å². The average molecular weight is 499 g/mol. The second-order valence-electron chi connectivity index (χ2n) is 11.4. The Hall–Kier alpha value is -1.40. The molecule has 0 radical (unpaired) electrons. The maximum absolute atomic E-state index is 10.5. The molecule has 5 heteroatoms. The van der Waals surface area contributed by atoms with Crippen LogP contribution in [0, 0.1) is 17.8 Å². The smallest absolute Gasteiger partial charge is 0.158 e. The summed E-state index contributed by atoms with van der Waals surface area (Å²) < 4.78 is 25.1. The molecule has 5 rings (SSSR count). The maximum Gasteiger partial charge on any atom is 0.158 e. The summed E-state index contributed by atoms with van der Waals surface area (Å²) in [6, 6.07) is 6.02. The first-order chi connectivity index (χ1) is 17.7. The minimum atomic E-state index is -0.0807. The Kier molecular flexibility index (Phi) is 9.40. The van der Waals surface area contributed by atoms with Crippen molar-refractivity contribution in [3.05, 3.63) is 41.5 Å². The van der Waals surface area contributed by atoms with Crippen molar-refractivity contribution < 1.29 is 24.1 Å². The third-order valence-electron chi connectivity index (χ3n) is 8.80. The van der Waals surface area contributed by atoms with E-state index in [-0.39, 0.29) is 24.8 Å². The van der Waals surface area contributed by atoms with Crippen LogP contribution in [0.4, 0.5) is 0 Å². The van der Waals surface area contributed by atoms with Crippen molar-refractivity contribution in [1.29, 1.82) is 0 Å². The second-order valence-corrected chi connectivity index (χ2v) is 11.4. The number of hydrogen-bond acceptors (Lipinski definition) is 5. The summed E-state index contributed by atoms with van der Waals surface area (Å²) in [6.45, 7) is 3.87. The SMILES string of the molecule is CCCCCC(C=CC1C(OC2CCCCO2)CC2Cc3c(O)cccc3CC21)OC1CCCCO1. The third kappa shape index (κ3) is 6.53. The van der Waals surface area contributed by atoms with Gasteiger partial charge in [0.1, 0.15) is 5.75 Å². The van der Waals surface area contributed by atoms with Crippen molar-refractivity contribution >= 4 is 0 Å². The molecule has 36 heavy (non-hydrogen) atoms. The van der Waals surface area contributed by atoms with Gasteiger partial charge in [0.25, 0.3) is 0 Å². The number of benzene rings is 1. The molecular weight excluding hydrogens is 452 g/mol. The average Bonchev–Trinajstić information content (AvgIpc) is 3.23. The zero-order valence-electron chi connectivity index (χ0n) is 22.1. The van der Waals surface area contributed by atoms with Crippen LogP contribution >= 0.6 is 0 Å². The van der Waals surface area contributed by atoms with Crippen LogP contribution in [0.5, 0.6) is 5.75 Å². The lowest BCUT2D eigenvalue weighted by molar-refractivity contribution is -0.193. The predicted octanol–water partition coefficient (Wildman–Crippen LogP) is 6.70. The molecule has 200 valence electrons. The first-order valence-electron chi connectivity index (χ1n) is 14.7. The molecule has 0 amide bonds. The van der Waals surface area contributed by atoms with Gasteiger partial charge < -0.3 is 24.1 Å². The molecule has 1 saturated carbocycles. The van der Waals surface area contributed by atoms with Crippen LogP contribution < -0.4 is 0 Å². The van der Waals surface area contributed by atoms with E-state index in [1.165, 1.54) is 37.7 Å². The summed E-state index contributed by atoms with van der Waals surface area (Å²) in [6.07, 6.45) is 19.1. The highest BCUT2D eigenvalue weighted by Crippen LogP contribution is 2.48. The first kappa shape index (κ1) is 26.2. The van der Waals surface area contributed by atoms with E-state index in [9.17, 15) is 5.11 Å². The third-order valence-corrected chi connectivity index (χ3v) is 8.80. The van der Waals surface area contributed by atoms with Gasteiger partial charge >= 0.3 is 0 Å². The van der Waals surface area contributed by atoms with Crippen molar-refractivity contribution in [2.75, 3.05) is 13.2 Å². The number of aromatic hydroxyl groups is 1. The summed E-state index contributed by atoms with van der Waals surface area (Å²) in [5.74, 6) is 1.83. The van der Waals surface area contributed by atoms with Crippen LogP contribution in [0.25, 0.3) is 0 Å². The summed E-state index contributed by atoms with van der Waals surface area (Å²) in [5, 5.41) is 10.5. The van der Waals surface area contributed by atoms with Gasteiger partial charge in [0.05, 0.1) is 12.2 Å². The van der Waals surface area contributed by atoms with Crippen LogP contribution in [0.3, 0.4) is 0 Å². The maximum atomic E-state index is 10.5. The predicted molar refractivity (Wildman–Crippen MR) is 141 cm³/mol. The lowest BCUT2D eigenvalue weighted by Gasteiger charge is -2.32. The minimum absolute atomic E-state index is 0.0708. The van der Waals surface area contributed by atoms with E-state index in [2.05, 4.69) is 25.1 Å². The van der Waals surface area contributed by atoms with E-state index in [0.717, 1.165) is 70.1 Å². The summed E-state index contributed by atoms with van der Waals surface area (Å²) >= 11 is 0. The molecule has 4 aliphatic rings. The number of ether oxygens (including phenoxy) is 4. The molecule has 2 aliphatic carbocycles. The lowest BCUT2D eigenvalue weighted by atomic mass is 9.74. The van der Waals surface area contributed by atoms with Crippen molar-refractivity contribution in [3.63, 3.8) is 0 Å². The molecule has 0 aromatic heterocycles. The molecule has 5 nitrogen and oxygen atoms in total. The fourth-order valence-electron chi connectivity index (χ4n) is 6.82. The molecular formula is C31H46O5. The van der Waals surface area contributed by atoms with Crippen molar-refractivity contribution in [2.24, 2.45) is 17.8 Å². The molecule has 1 aromatic rings. The topological polar surface area (TPSA) is 57.2 Å². The minimum Gasteiger partial charge on any atom is -0.508 e. The molecule has 2 saturated heterocycles. The number of fused-ring (bicyclic) bond motifs is 2. The fraction of sp³-hybridized carbons (Fsp3) is 0.742.